The van der Waals surface area contributed by atoms with Crippen molar-refractivity contribution in [3.8, 4) is 0 Å². The van der Waals surface area contributed by atoms with Crippen LogP contribution in [0.2, 0.25) is 10.0 Å². The fourth-order valence-electron chi connectivity index (χ4n) is 0.577. The third-order valence-corrected chi connectivity index (χ3v) is 1.80. The van der Waals surface area contributed by atoms with Crippen molar-refractivity contribution in [2.45, 2.75) is 4.90 Å². The van der Waals surface area contributed by atoms with Gasteiger partial charge in [-0.3, -0.25) is 0 Å². The van der Waals surface area contributed by atoms with Crippen LogP contribution in [0.25, 0.3) is 0 Å². The van der Waals surface area contributed by atoms with E-state index in [1.165, 1.54) is 0 Å². The van der Waals surface area contributed by atoms with Crippen LogP contribution in [0.1, 0.15) is 0 Å². The minimum Gasteiger partial charge on any atom is -0.0841 e. The van der Waals surface area contributed by atoms with Crippen LogP contribution in [0.5, 0.6) is 0 Å². The molecule has 52 valence electrons. The average molecular weight is 194 g/mol. The molecule has 0 unspecified atom stereocenters. The van der Waals surface area contributed by atoms with Crippen molar-refractivity contribution in [3.05, 3.63) is 28.2 Å². The van der Waals surface area contributed by atoms with Gasteiger partial charge in [-0.1, -0.05) is 23.2 Å². The van der Waals surface area contributed by atoms with Crippen LogP contribution in [0.3, 0.4) is 0 Å². The van der Waals surface area contributed by atoms with Crippen LogP contribution in [-0.4, -0.2) is 0 Å². The van der Waals surface area contributed by atoms with Gasteiger partial charge < -0.3 is 0 Å². The van der Waals surface area contributed by atoms with E-state index in [1.54, 1.807) is 18.2 Å². The van der Waals surface area contributed by atoms with Gasteiger partial charge >= 0.3 is 11.7 Å². The SMILES string of the molecule is O=[S+]c1cc(Cl)cc(Cl)c1. The van der Waals surface area contributed by atoms with Crippen molar-refractivity contribution in [2.24, 2.45) is 0 Å². The summed E-state index contributed by atoms with van der Waals surface area (Å²) >= 11 is 11.6. The summed E-state index contributed by atoms with van der Waals surface area (Å²) in [5, 5.41) is 0.983. The molecule has 0 fully saturated rings. The van der Waals surface area contributed by atoms with Gasteiger partial charge in [0.05, 0.1) is 0 Å². The molecule has 0 bridgehead atoms. The molecule has 0 saturated carbocycles. The molecule has 1 aromatic rings. The second-order valence-electron chi connectivity index (χ2n) is 1.69. The molecule has 0 atom stereocenters. The van der Waals surface area contributed by atoms with Crippen LogP contribution < -0.4 is 0 Å². The number of benzene rings is 1. The summed E-state index contributed by atoms with van der Waals surface area (Å²) in [5.41, 5.74) is 0. The van der Waals surface area contributed by atoms with Gasteiger partial charge in [-0.25, -0.2) is 0 Å². The van der Waals surface area contributed by atoms with Gasteiger partial charge in [-0.2, -0.15) is 0 Å². The first kappa shape index (κ1) is 7.92. The van der Waals surface area contributed by atoms with Crippen LogP contribution in [-0.2, 0) is 15.9 Å². The summed E-state index contributed by atoms with van der Waals surface area (Å²) in [6.45, 7) is 0. The third-order valence-electron chi connectivity index (χ3n) is 0.932. The van der Waals surface area contributed by atoms with Crippen molar-refractivity contribution < 1.29 is 4.21 Å². The summed E-state index contributed by atoms with van der Waals surface area (Å²) in [7, 11) is 0. The highest BCUT2D eigenvalue weighted by Gasteiger charge is 2.07. The summed E-state index contributed by atoms with van der Waals surface area (Å²) in [6, 6.07) is 4.74. The van der Waals surface area contributed by atoms with Crippen molar-refractivity contribution in [1.29, 1.82) is 0 Å². The maximum atomic E-state index is 10.2. The Labute approximate surface area is 72.4 Å². The van der Waals surface area contributed by atoms with Gasteiger partial charge in [0.25, 0.3) is 4.90 Å². The Morgan fingerprint density at radius 1 is 1.10 bits per heavy atom. The number of hydrogen-bond donors (Lipinski definition) is 0. The van der Waals surface area contributed by atoms with Crippen molar-refractivity contribution in [3.63, 3.8) is 0 Å². The quantitative estimate of drug-likeness (QED) is 0.628. The minimum absolute atomic E-state index is 0.378. The molecule has 0 saturated heterocycles. The fraction of sp³-hybridized carbons (Fsp3) is 0. The lowest BCUT2D eigenvalue weighted by atomic mass is 10.4. The lowest BCUT2D eigenvalue weighted by Crippen LogP contribution is -1.73. The van der Waals surface area contributed by atoms with Gasteiger partial charge in [0.15, 0.2) is 0 Å². The molecular weight excluding hydrogens is 191 g/mol. The van der Waals surface area contributed by atoms with Crippen LogP contribution >= 0.6 is 23.2 Å². The normalized spacial score (nSPS) is 9.40. The van der Waals surface area contributed by atoms with Gasteiger partial charge in [-0.15, -0.1) is 0 Å². The van der Waals surface area contributed by atoms with Crippen LogP contribution in [0.15, 0.2) is 23.1 Å². The molecule has 10 heavy (non-hydrogen) atoms. The Morgan fingerprint density at radius 3 is 2.00 bits per heavy atom. The molecule has 0 aliphatic rings. The summed E-state index contributed by atoms with van der Waals surface area (Å²) in [5.74, 6) is 0. The zero-order valence-electron chi connectivity index (χ0n) is 4.80. The van der Waals surface area contributed by atoms with Gasteiger partial charge in [0, 0.05) is 26.4 Å². The first-order valence-electron chi connectivity index (χ1n) is 2.48. The van der Waals surface area contributed by atoms with E-state index >= 15 is 0 Å². The van der Waals surface area contributed by atoms with Gasteiger partial charge in [0.1, 0.15) is 0 Å². The Bertz CT molecular complexity index is 242. The van der Waals surface area contributed by atoms with Crippen molar-refractivity contribution in [2.75, 3.05) is 0 Å². The molecule has 0 aromatic heterocycles. The van der Waals surface area contributed by atoms with Gasteiger partial charge in [0.2, 0.25) is 0 Å². The fourth-order valence-corrected chi connectivity index (χ4v) is 1.58. The van der Waals surface area contributed by atoms with Gasteiger partial charge in [-0.05, 0) is 6.07 Å². The Hall–Kier alpha value is -0.180. The van der Waals surface area contributed by atoms with Crippen molar-refractivity contribution >= 4 is 34.9 Å². The molecule has 1 aromatic carbocycles. The molecule has 0 aliphatic heterocycles. The Morgan fingerprint density at radius 2 is 1.60 bits per heavy atom. The highest BCUT2D eigenvalue weighted by molar-refractivity contribution is 7.65. The molecule has 1 nitrogen and oxygen atoms in total. The standard InChI is InChI=1S/C6H3Cl2OS/c7-4-1-5(8)3-6(2-4)10-9/h1-3H/q+1. The molecule has 4 heteroatoms. The minimum atomic E-state index is 0.378. The largest absolute Gasteiger partial charge is 0.505 e. The summed E-state index contributed by atoms with van der Waals surface area (Å²) in [6.07, 6.45) is 0. The van der Waals surface area contributed by atoms with E-state index in [0.717, 1.165) is 0 Å². The average Bonchev–Trinajstić information content (AvgIpc) is 1.85. The van der Waals surface area contributed by atoms with E-state index in [0.29, 0.717) is 26.6 Å². The first-order chi connectivity index (χ1) is 4.72. The molecule has 0 amide bonds. The Kier molecular flexibility index (Phi) is 2.60. The lowest BCUT2D eigenvalue weighted by Gasteiger charge is -1.86. The summed E-state index contributed by atoms with van der Waals surface area (Å²) in [4.78, 5) is 0.539. The zero-order valence-corrected chi connectivity index (χ0v) is 7.13. The maximum absolute atomic E-state index is 10.2. The topological polar surface area (TPSA) is 17.1 Å². The maximum Gasteiger partial charge on any atom is 0.505 e. The highest BCUT2D eigenvalue weighted by atomic mass is 35.5. The van der Waals surface area contributed by atoms with E-state index in [9.17, 15) is 4.21 Å². The molecular formula is C6H3Cl2OS+. The lowest BCUT2D eigenvalue weighted by molar-refractivity contribution is 0.605. The van der Waals surface area contributed by atoms with E-state index in [-0.39, 0.29) is 0 Å². The number of rotatable bonds is 1. The molecule has 1 rings (SSSR count). The zero-order chi connectivity index (χ0) is 7.56. The smallest absolute Gasteiger partial charge is 0.0841 e. The summed E-state index contributed by atoms with van der Waals surface area (Å²) < 4.78 is 10.2. The number of hydrogen-bond acceptors (Lipinski definition) is 1. The molecule has 0 radical (unpaired) electrons. The van der Waals surface area contributed by atoms with E-state index in [4.69, 9.17) is 23.2 Å². The Balaban J connectivity index is 3.18. The van der Waals surface area contributed by atoms with Crippen LogP contribution in [0.4, 0.5) is 0 Å². The van der Waals surface area contributed by atoms with Crippen LogP contribution in [0, 0.1) is 0 Å². The predicted octanol–water partition coefficient (Wildman–Crippen LogP) is 2.78. The second-order valence-corrected chi connectivity index (χ2v) is 3.20. The van der Waals surface area contributed by atoms with E-state index < -0.39 is 0 Å². The third kappa shape index (κ3) is 1.90. The number of halogens is 2. The first-order valence-corrected chi connectivity index (χ1v) is 3.98. The monoisotopic (exact) mass is 193 g/mol. The molecule has 0 N–H and O–H groups in total. The predicted molar refractivity (Wildman–Crippen MR) is 42.8 cm³/mol. The van der Waals surface area contributed by atoms with E-state index in [1.807, 2.05) is 0 Å². The van der Waals surface area contributed by atoms with E-state index in [2.05, 4.69) is 0 Å². The molecule has 0 heterocycles. The van der Waals surface area contributed by atoms with Crippen molar-refractivity contribution in [1.82, 2.24) is 0 Å². The molecule has 0 aliphatic carbocycles. The second kappa shape index (κ2) is 3.28. The highest BCUT2D eigenvalue weighted by Crippen LogP contribution is 2.18. The molecule has 0 spiro atoms.